The van der Waals surface area contributed by atoms with Gasteiger partial charge in [-0.05, 0) is 12.8 Å². The Morgan fingerprint density at radius 2 is 2.00 bits per heavy atom. The average Bonchev–Trinajstić information content (AvgIpc) is 2.61. The third-order valence-corrected chi connectivity index (χ3v) is 3.66. The first-order chi connectivity index (χ1) is 7.88. The molecule has 0 unspecified atom stereocenters. The minimum Gasteiger partial charge on any atom is -0.371 e. The van der Waals surface area contributed by atoms with Gasteiger partial charge in [0.15, 0.2) is 0 Å². The molecule has 1 aliphatic carbocycles. The van der Waals surface area contributed by atoms with Crippen molar-refractivity contribution in [3.63, 3.8) is 0 Å². The van der Waals surface area contributed by atoms with E-state index in [1.807, 2.05) is 0 Å². The van der Waals surface area contributed by atoms with Crippen LogP contribution in [0.2, 0.25) is 0 Å². The fraction of sp³-hybridized carbons (Fsp3) is 0.800. The van der Waals surface area contributed by atoms with Crippen molar-refractivity contribution in [1.82, 2.24) is 10.2 Å². The van der Waals surface area contributed by atoms with E-state index in [1.54, 1.807) is 0 Å². The summed E-state index contributed by atoms with van der Waals surface area (Å²) in [5.74, 6) is 5.24. The van der Waals surface area contributed by atoms with Gasteiger partial charge in [-0.2, -0.15) is 0 Å². The van der Waals surface area contributed by atoms with E-state index in [0.29, 0.717) is 17.8 Å². The summed E-state index contributed by atoms with van der Waals surface area (Å²) in [6, 6.07) is 0. The summed E-state index contributed by atoms with van der Waals surface area (Å²) in [6.45, 7) is 0.560. The third kappa shape index (κ3) is 3.40. The van der Waals surface area contributed by atoms with Crippen molar-refractivity contribution in [2.75, 3.05) is 5.43 Å². The fourth-order valence-electron chi connectivity index (χ4n) is 1.97. The van der Waals surface area contributed by atoms with Crippen LogP contribution in [-0.4, -0.2) is 16.3 Å². The largest absolute Gasteiger partial charge is 0.371 e. The predicted octanol–water partition coefficient (Wildman–Crippen LogP) is 2.06. The number of nitrogens with two attached hydrogens (primary N) is 1. The van der Waals surface area contributed by atoms with Crippen LogP contribution in [0.15, 0.2) is 0 Å². The number of nitrogen functional groups attached to an aromatic ring is 1. The molecule has 6 heteroatoms. The number of hydrazine groups is 1. The Hall–Kier alpha value is -0.720. The number of anilines is 1. The van der Waals surface area contributed by atoms with Crippen LogP contribution in [-0.2, 0) is 11.3 Å². The van der Waals surface area contributed by atoms with Crippen molar-refractivity contribution < 1.29 is 4.74 Å². The zero-order valence-corrected chi connectivity index (χ0v) is 10.1. The highest BCUT2D eigenvalue weighted by Crippen LogP contribution is 2.22. The van der Waals surface area contributed by atoms with Crippen molar-refractivity contribution in [3.05, 3.63) is 5.01 Å². The van der Waals surface area contributed by atoms with Gasteiger partial charge in [0, 0.05) is 0 Å². The van der Waals surface area contributed by atoms with Gasteiger partial charge in [0.2, 0.25) is 5.13 Å². The Balaban J connectivity index is 1.77. The summed E-state index contributed by atoms with van der Waals surface area (Å²) in [4.78, 5) is 0. The second-order valence-electron chi connectivity index (χ2n) is 4.07. The quantitative estimate of drug-likeness (QED) is 0.480. The molecule has 0 aromatic carbocycles. The van der Waals surface area contributed by atoms with Crippen molar-refractivity contribution in [2.45, 2.75) is 51.2 Å². The molecule has 1 aromatic heterocycles. The lowest BCUT2D eigenvalue weighted by molar-refractivity contribution is 0.0306. The summed E-state index contributed by atoms with van der Waals surface area (Å²) in [7, 11) is 0. The van der Waals surface area contributed by atoms with Gasteiger partial charge in [-0.15, -0.1) is 10.2 Å². The number of nitrogens with zero attached hydrogens (tertiary/aromatic N) is 2. The molecule has 0 bridgehead atoms. The maximum atomic E-state index is 5.85. The SMILES string of the molecule is NNc1nnc(COC2CCCCCC2)s1. The molecule has 0 amide bonds. The van der Waals surface area contributed by atoms with E-state index in [9.17, 15) is 0 Å². The lowest BCUT2D eigenvalue weighted by Crippen LogP contribution is -2.11. The highest BCUT2D eigenvalue weighted by molar-refractivity contribution is 7.15. The molecule has 16 heavy (non-hydrogen) atoms. The van der Waals surface area contributed by atoms with E-state index >= 15 is 0 Å². The van der Waals surface area contributed by atoms with E-state index in [4.69, 9.17) is 10.6 Å². The fourth-order valence-corrected chi connectivity index (χ4v) is 2.54. The van der Waals surface area contributed by atoms with Crippen LogP contribution in [0, 0.1) is 0 Å². The summed E-state index contributed by atoms with van der Waals surface area (Å²) in [6.07, 6.45) is 8.04. The molecule has 1 fully saturated rings. The van der Waals surface area contributed by atoms with Crippen molar-refractivity contribution in [3.8, 4) is 0 Å². The molecule has 2 rings (SSSR count). The Morgan fingerprint density at radius 3 is 2.62 bits per heavy atom. The first-order valence-electron chi connectivity index (χ1n) is 5.79. The lowest BCUT2D eigenvalue weighted by atomic mass is 10.1. The minimum absolute atomic E-state index is 0.403. The van der Waals surface area contributed by atoms with Crippen molar-refractivity contribution >= 4 is 16.5 Å². The van der Waals surface area contributed by atoms with Gasteiger partial charge in [-0.3, -0.25) is 5.43 Å². The number of hydrogen-bond donors (Lipinski definition) is 2. The Kier molecular flexibility index (Phi) is 4.50. The van der Waals surface area contributed by atoms with Gasteiger partial charge in [-0.1, -0.05) is 37.0 Å². The maximum Gasteiger partial charge on any atom is 0.219 e. The Labute approximate surface area is 99.4 Å². The van der Waals surface area contributed by atoms with E-state index in [-0.39, 0.29) is 0 Å². The highest BCUT2D eigenvalue weighted by atomic mass is 32.1. The van der Waals surface area contributed by atoms with Gasteiger partial charge in [-0.25, -0.2) is 5.84 Å². The molecule has 0 aliphatic heterocycles. The molecule has 90 valence electrons. The molecule has 1 heterocycles. The molecule has 1 aliphatic rings. The highest BCUT2D eigenvalue weighted by Gasteiger charge is 2.13. The van der Waals surface area contributed by atoms with Crippen LogP contribution in [0.1, 0.15) is 43.5 Å². The first-order valence-corrected chi connectivity index (χ1v) is 6.61. The standard InChI is InChI=1S/C10H18N4OS/c11-12-10-14-13-9(16-10)7-15-8-5-3-1-2-4-6-8/h8H,1-7,11H2,(H,12,14). The molecule has 1 saturated carbocycles. The van der Waals surface area contributed by atoms with Crippen LogP contribution >= 0.6 is 11.3 Å². The molecule has 0 radical (unpaired) electrons. The molecule has 5 nitrogen and oxygen atoms in total. The van der Waals surface area contributed by atoms with Crippen LogP contribution in [0.5, 0.6) is 0 Å². The first kappa shape index (κ1) is 11.8. The van der Waals surface area contributed by atoms with Crippen LogP contribution < -0.4 is 11.3 Å². The summed E-state index contributed by atoms with van der Waals surface area (Å²) < 4.78 is 5.85. The van der Waals surface area contributed by atoms with Crippen LogP contribution in [0.3, 0.4) is 0 Å². The van der Waals surface area contributed by atoms with E-state index < -0.39 is 0 Å². The average molecular weight is 242 g/mol. The number of aromatic nitrogens is 2. The van der Waals surface area contributed by atoms with Crippen LogP contribution in [0.4, 0.5) is 5.13 Å². The van der Waals surface area contributed by atoms with Gasteiger partial charge in [0.1, 0.15) is 11.6 Å². The number of ether oxygens (including phenoxy) is 1. The lowest BCUT2D eigenvalue weighted by Gasteiger charge is -2.13. The second kappa shape index (κ2) is 6.12. The Bertz CT molecular complexity index is 310. The van der Waals surface area contributed by atoms with Gasteiger partial charge in [0.25, 0.3) is 0 Å². The van der Waals surface area contributed by atoms with Crippen molar-refractivity contribution in [2.24, 2.45) is 5.84 Å². The molecule has 0 atom stereocenters. The second-order valence-corrected chi connectivity index (χ2v) is 5.13. The topological polar surface area (TPSA) is 73.1 Å². The molecule has 3 N–H and O–H groups in total. The normalized spacial score (nSPS) is 18.3. The third-order valence-electron chi connectivity index (χ3n) is 2.84. The molecule has 0 spiro atoms. The monoisotopic (exact) mass is 242 g/mol. The minimum atomic E-state index is 0.403. The van der Waals surface area contributed by atoms with Gasteiger partial charge >= 0.3 is 0 Å². The maximum absolute atomic E-state index is 5.85. The smallest absolute Gasteiger partial charge is 0.219 e. The number of hydrogen-bond acceptors (Lipinski definition) is 6. The summed E-state index contributed by atoms with van der Waals surface area (Å²) >= 11 is 1.44. The summed E-state index contributed by atoms with van der Waals surface area (Å²) in [5.41, 5.74) is 2.48. The number of rotatable bonds is 4. The van der Waals surface area contributed by atoms with E-state index in [1.165, 1.54) is 49.9 Å². The molecule has 1 aromatic rings. The number of nitrogens with one attached hydrogen (secondary N) is 1. The van der Waals surface area contributed by atoms with E-state index in [0.717, 1.165) is 5.01 Å². The molecular formula is C10H18N4OS. The molecule has 0 saturated heterocycles. The zero-order valence-electron chi connectivity index (χ0n) is 9.32. The van der Waals surface area contributed by atoms with E-state index in [2.05, 4.69) is 15.6 Å². The van der Waals surface area contributed by atoms with Crippen molar-refractivity contribution in [1.29, 1.82) is 0 Å². The molecular weight excluding hydrogens is 224 g/mol. The van der Waals surface area contributed by atoms with Crippen LogP contribution in [0.25, 0.3) is 0 Å². The Morgan fingerprint density at radius 1 is 1.25 bits per heavy atom. The zero-order chi connectivity index (χ0) is 11.2. The van der Waals surface area contributed by atoms with Gasteiger partial charge < -0.3 is 4.74 Å². The summed E-state index contributed by atoms with van der Waals surface area (Å²) in [5, 5.41) is 9.39. The van der Waals surface area contributed by atoms with Gasteiger partial charge in [0.05, 0.1) is 6.10 Å². The predicted molar refractivity (Wildman–Crippen MR) is 64.0 cm³/mol.